The van der Waals surface area contributed by atoms with Gasteiger partial charge >= 0.3 is 0 Å². The number of benzene rings is 1. The van der Waals surface area contributed by atoms with Crippen LogP contribution in [-0.4, -0.2) is 11.8 Å². The van der Waals surface area contributed by atoms with Gasteiger partial charge in [-0.05, 0) is 39.5 Å². The van der Waals surface area contributed by atoms with Crippen molar-refractivity contribution in [3.8, 4) is 0 Å². The first-order valence-electron chi connectivity index (χ1n) is 5.61. The van der Waals surface area contributed by atoms with Crippen molar-refractivity contribution in [1.82, 2.24) is 0 Å². The van der Waals surface area contributed by atoms with Gasteiger partial charge in [-0.3, -0.25) is 9.59 Å². The zero-order valence-corrected chi connectivity index (χ0v) is 12.5. The van der Waals surface area contributed by atoms with E-state index in [9.17, 15) is 9.59 Å². The second-order valence-electron chi connectivity index (χ2n) is 5.24. The third-order valence-electron chi connectivity index (χ3n) is 2.91. The quantitative estimate of drug-likeness (QED) is 0.735. The summed E-state index contributed by atoms with van der Waals surface area (Å²) in [5.41, 5.74) is 0.300. The molecule has 1 aliphatic rings. The molecule has 1 heterocycles. The van der Waals surface area contributed by atoms with Gasteiger partial charge in [0.25, 0.3) is 0 Å². The normalized spacial score (nSPS) is 19.2. The topological polar surface area (TPSA) is 37.4 Å². The third-order valence-corrected chi connectivity index (χ3v) is 3.78. The van der Waals surface area contributed by atoms with E-state index in [1.54, 1.807) is 18.2 Å². The van der Waals surface area contributed by atoms with Crippen LogP contribution < -0.4 is 4.90 Å². The van der Waals surface area contributed by atoms with Gasteiger partial charge in [0.1, 0.15) is 0 Å². The standard InChI is InChI=1S/C13H13BrClNO2/c1-13(2)6-11(17)16(12(18)7-13)10-4-3-8(15)5-9(10)14/h3-5H,6-7H2,1-2H3. The minimum atomic E-state index is -0.260. The molecule has 1 saturated heterocycles. The molecule has 0 aliphatic carbocycles. The molecule has 18 heavy (non-hydrogen) atoms. The molecule has 1 aromatic carbocycles. The van der Waals surface area contributed by atoms with Crippen molar-refractivity contribution in [2.45, 2.75) is 26.7 Å². The summed E-state index contributed by atoms with van der Waals surface area (Å²) in [5, 5.41) is 0.558. The molecule has 96 valence electrons. The van der Waals surface area contributed by atoms with E-state index in [0.717, 1.165) is 0 Å². The van der Waals surface area contributed by atoms with E-state index in [4.69, 9.17) is 11.6 Å². The molecule has 0 aromatic heterocycles. The lowest BCUT2D eigenvalue weighted by Crippen LogP contribution is -2.46. The Morgan fingerprint density at radius 1 is 1.22 bits per heavy atom. The number of hydrogen-bond donors (Lipinski definition) is 0. The van der Waals surface area contributed by atoms with Crippen LogP contribution in [0.5, 0.6) is 0 Å². The minimum Gasteiger partial charge on any atom is -0.274 e. The first-order chi connectivity index (χ1) is 8.30. The van der Waals surface area contributed by atoms with Crippen LogP contribution >= 0.6 is 27.5 Å². The maximum Gasteiger partial charge on any atom is 0.234 e. The van der Waals surface area contributed by atoms with Crippen LogP contribution in [0.25, 0.3) is 0 Å². The lowest BCUT2D eigenvalue weighted by Gasteiger charge is -2.35. The fourth-order valence-corrected chi connectivity index (χ4v) is 2.97. The van der Waals surface area contributed by atoms with Gasteiger partial charge < -0.3 is 0 Å². The van der Waals surface area contributed by atoms with Crippen molar-refractivity contribution in [3.05, 3.63) is 27.7 Å². The molecule has 0 bridgehead atoms. The second kappa shape index (κ2) is 4.67. The van der Waals surface area contributed by atoms with E-state index in [0.29, 0.717) is 28.0 Å². The Morgan fingerprint density at radius 3 is 2.28 bits per heavy atom. The number of carbonyl (C=O) groups is 2. The van der Waals surface area contributed by atoms with Crippen LogP contribution in [0.4, 0.5) is 5.69 Å². The number of carbonyl (C=O) groups excluding carboxylic acids is 2. The molecule has 1 aromatic rings. The highest BCUT2D eigenvalue weighted by atomic mass is 79.9. The summed E-state index contributed by atoms with van der Waals surface area (Å²) in [4.78, 5) is 25.5. The van der Waals surface area contributed by atoms with Gasteiger partial charge in [0, 0.05) is 22.3 Å². The number of halogens is 2. The number of piperidine rings is 1. The molecule has 0 radical (unpaired) electrons. The fraction of sp³-hybridized carbons (Fsp3) is 0.385. The third kappa shape index (κ3) is 2.59. The molecule has 0 atom stereocenters. The van der Waals surface area contributed by atoms with Gasteiger partial charge in [0.2, 0.25) is 11.8 Å². The predicted octanol–water partition coefficient (Wildman–Crippen LogP) is 3.78. The summed E-state index contributed by atoms with van der Waals surface area (Å²) in [6.45, 7) is 3.86. The molecule has 2 rings (SSSR count). The van der Waals surface area contributed by atoms with Crippen LogP contribution in [0.1, 0.15) is 26.7 Å². The van der Waals surface area contributed by atoms with Gasteiger partial charge in [0.15, 0.2) is 0 Å². The van der Waals surface area contributed by atoms with Gasteiger partial charge in [0.05, 0.1) is 5.69 Å². The van der Waals surface area contributed by atoms with E-state index in [1.165, 1.54) is 4.90 Å². The van der Waals surface area contributed by atoms with Crippen molar-refractivity contribution in [2.75, 3.05) is 4.90 Å². The van der Waals surface area contributed by atoms with Crippen LogP contribution in [-0.2, 0) is 9.59 Å². The van der Waals surface area contributed by atoms with Gasteiger partial charge in [-0.1, -0.05) is 25.4 Å². The highest BCUT2D eigenvalue weighted by Crippen LogP contribution is 2.37. The molecule has 3 nitrogen and oxygen atoms in total. The van der Waals surface area contributed by atoms with E-state index in [2.05, 4.69) is 15.9 Å². The molecule has 0 unspecified atom stereocenters. The maximum atomic E-state index is 12.1. The summed E-state index contributed by atoms with van der Waals surface area (Å²) in [6, 6.07) is 5.03. The van der Waals surface area contributed by atoms with Crippen LogP contribution in [0.2, 0.25) is 5.02 Å². The van der Waals surface area contributed by atoms with Crippen LogP contribution in [0.3, 0.4) is 0 Å². The maximum absolute atomic E-state index is 12.1. The Balaban J connectivity index is 2.39. The van der Waals surface area contributed by atoms with E-state index >= 15 is 0 Å². The molecule has 0 saturated carbocycles. The molecule has 2 amide bonds. The predicted molar refractivity (Wildman–Crippen MR) is 74.7 cm³/mol. The average Bonchev–Trinajstić information content (AvgIpc) is 2.18. The second-order valence-corrected chi connectivity index (χ2v) is 6.53. The largest absolute Gasteiger partial charge is 0.274 e. The molecule has 5 heteroatoms. The lowest BCUT2D eigenvalue weighted by atomic mass is 9.81. The zero-order chi connectivity index (χ0) is 13.5. The van der Waals surface area contributed by atoms with Gasteiger partial charge in [-0.25, -0.2) is 4.90 Å². The number of hydrogen-bond acceptors (Lipinski definition) is 2. The number of rotatable bonds is 1. The van der Waals surface area contributed by atoms with Crippen molar-refractivity contribution in [1.29, 1.82) is 0 Å². The van der Waals surface area contributed by atoms with E-state index < -0.39 is 0 Å². The molecule has 1 aliphatic heterocycles. The highest BCUT2D eigenvalue weighted by molar-refractivity contribution is 9.10. The number of amides is 2. The van der Waals surface area contributed by atoms with Crippen LogP contribution in [0, 0.1) is 5.41 Å². The summed E-state index contributed by atoms with van der Waals surface area (Å²) in [5.74, 6) is -0.335. The summed E-state index contributed by atoms with van der Waals surface area (Å²) >= 11 is 9.19. The molecule has 0 N–H and O–H groups in total. The Morgan fingerprint density at radius 2 is 1.78 bits per heavy atom. The zero-order valence-electron chi connectivity index (χ0n) is 10.2. The Kier molecular flexibility index (Phi) is 3.52. The van der Waals surface area contributed by atoms with Crippen LogP contribution in [0.15, 0.2) is 22.7 Å². The van der Waals surface area contributed by atoms with Crippen molar-refractivity contribution < 1.29 is 9.59 Å². The molecular formula is C13H13BrClNO2. The lowest BCUT2D eigenvalue weighted by molar-refractivity contribution is -0.132. The Bertz CT molecular complexity index is 508. The Labute approximate surface area is 119 Å². The number of imide groups is 1. The average molecular weight is 331 g/mol. The number of nitrogens with zero attached hydrogens (tertiary/aromatic N) is 1. The van der Waals surface area contributed by atoms with Crippen molar-refractivity contribution in [3.63, 3.8) is 0 Å². The van der Waals surface area contributed by atoms with E-state index in [-0.39, 0.29) is 17.2 Å². The highest BCUT2D eigenvalue weighted by Gasteiger charge is 2.38. The van der Waals surface area contributed by atoms with Gasteiger partial charge in [-0.15, -0.1) is 0 Å². The van der Waals surface area contributed by atoms with E-state index in [1.807, 2.05) is 13.8 Å². The number of anilines is 1. The SMILES string of the molecule is CC1(C)CC(=O)N(c2ccc(Cl)cc2Br)C(=O)C1. The summed E-state index contributed by atoms with van der Waals surface area (Å²) in [6.07, 6.45) is 0.738. The summed E-state index contributed by atoms with van der Waals surface area (Å²) in [7, 11) is 0. The summed E-state index contributed by atoms with van der Waals surface area (Å²) < 4.78 is 0.649. The van der Waals surface area contributed by atoms with Gasteiger partial charge in [-0.2, -0.15) is 0 Å². The Hall–Kier alpha value is -0.870. The fourth-order valence-electron chi connectivity index (χ4n) is 2.11. The first kappa shape index (κ1) is 13.6. The van der Waals surface area contributed by atoms with Crippen molar-refractivity contribution in [2.24, 2.45) is 5.41 Å². The smallest absolute Gasteiger partial charge is 0.234 e. The first-order valence-corrected chi connectivity index (χ1v) is 6.78. The minimum absolute atomic E-state index is 0.167. The molecule has 0 spiro atoms. The molecule has 1 fully saturated rings. The van der Waals surface area contributed by atoms with Crippen molar-refractivity contribution >= 4 is 45.0 Å². The molecular weight excluding hydrogens is 318 g/mol. The monoisotopic (exact) mass is 329 g/mol.